The molecule has 0 unspecified atom stereocenters. The summed E-state index contributed by atoms with van der Waals surface area (Å²) in [5, 5.41) is 8.88. The Morgan fingerprint density at radius 2 is 2.27 bits per heavy atom. The molecule has 0 amide bonds. The summed E-state index contributed by atoms with van der Waals surface area (Å²) in [7, 11) is 0. The van der Waals surface area contributed by atoms with Gasteiger partial charge in [0.1, 0.15) is 11.6 Å². The van der Waals surface area contributed by atoms with Gasteiger partial charge in [0.15, 0.2) is 0 Å². The Morgan fingerprint density at radius 1 is 1.60 bits per heavy atom. The van der Waals surface area contributed by atoms with Crippen molar-refractivity contribution in [2.75, 3.05) is 0 Å². The molecule has 1 aromatic heterocycles. The lowest BCUT2D eigenvalue weighted by Gasteiger charge is -2.04. The van der Waals surface area contributed by atoms with E-state index in [1.165, 1.54) is 4.57 Å². The molecule has 0 aliphatic rings. The van der Waals surface area contributed by atoms with E-state index in [2.05, 4.69) is 0 Å². The first-order valence-corrected chi connectivity index (χ1v) is 4.87. The highest BCUT2D eigenvalue weighted by Crippen LogP contribution is 2.08. The van der Waals surface area contributed by atoms with Crippen molar-refractivity contribution in [3.63, 3.8) is 0 Å². The monoisotopic (exact) mass is 202 g/mol. The number of carbonyl (C=O) groups is 1. The van der Waals surface area contributed by atoms with Gasteiger partial charge in [-0.1, -0.05) is 19.9 Å². The van der Waals surface area contributed by atoms with E-state index >= 15 is 0 Å². The highest BCUT2D eigenvalue weighted by molar-refractivity contribution is 5.99. The summed E-state index contributed by atoms with van der Waals surface area (Å²) < 4.78 is 1.48. The summed E-state index contributed by atoms with van der Waals surface area (Å²) in [5.41, 5.74) is 1.04. The molecule has 0 aromatic carbocycles. The summed E-state index contributed by atoms with van der Waals surface area (Å²) in [6, 6.07) is 5.56. The summed E-state index contributed by atoms with van der Waals surface area (Å²) >= 11 is 0. The van der Waals surface area contributed by atoms with Crippen LogP contribution in [0.15, 0.2) is 30.0 Å². The Morgan fingerprint density at radius 3 is 2.67 bits per heavy atom. The molecule has 78 valence electrons. The maximum absolute atomic E-state index is 11.9. The summed E-state index contributed by atoms with van der Waals surface area (Å²) in [4.78, 5) is 11.9. The van der Waals surface area contributed by atoms with E-state index in [0.717, 1.165) is 5.69 Å². The van der Waals surface area contributed by atoms with Crippen LogP contribution in [0.1, 0.15) is 24.3 Å². The molecule has 1 rings (SSSR count). The Kier molecular flexibility index (Phi) is 3.46. The number of hydrogen-bond acceptors (Lipinski definition) is 2. The fraction of sp³-hybridized carbons (Fsp3) is 0.333. The lowest BCUT2D eigenvalue weighted by atomic mass is 10.1. The van der Waals surface area contributed by atoms with Crippen molar-refractivity contribution in [1.82, 2.24) is 4.57 Å². The van der Waals surface area contributed by atoms with E-state index in [1.807, 2.05) is 32.9 Å². The van der Waals surface area contributed by atoms with Gasteiger partial charge in [0.25, 0.3) is 5.91 Å². The first kappa shape index (κ1) is 11.3. The average Bonchev–Trinajstić information content (AvgIpc) is 2.59. The fourth-order valence-electron chi connectivity index (χ4n) is 1.31. The van der Waals surface area contributed by atoms with Gasteiger partial charge in [-0.25, -0.2) is 0 Å². The lowest BCUT2D eigenvalue weighted by Crippen LogP contribution is -2.13. The third-order valence-electron chi connectivity index (χ3n) is 2.02. The molecule has 1 aromatic rings. The van der Waals surface area contributed by atoms with Crippen molar-refractivity contribution in [2.45, 2.75) is 20.8 Å². The minimum atomic E-state index is -0.256. The molecule has 0 spiro atoms. The molecule has 0 aliphatic carbocycles. The third-order valence-corrected chi connectivity index (χ3v) is 2.02. The molecule has 3 heteroatoms. The predicted molar refractivity (Wildman–Crippen MR) is 58.3 cm³/mol. The van der Waals surface area contributed by atoms with E-state index in [-0.39, 0.29) is 17.4 Å². The highest BCUT2D eigenvalue weighted by Gasteiger charge is 2.12. The third kappa shape index (κ3) is 2.57. The van der Waals surface area contributed by atoms with Gasteiger partial charge in [-0.2, -0.15) is 5.26 Å². The molecule has 0 saturated carbocycles. The zero-order valence-electron chi connectivity index (χ0n) is 9.19. The van der Waals surface area contributed by atoms with Gasteiger partial charge in [-0.05, 0) is 25.0 Å². The van der Waals surface area contributed by atoms with Crippen LogP contribution in [0.4, 0.5) is 0 Å². The molecule has 15 heavy (non-hydrogen) atoms. The van der Waals surface area contributed by atoms with Gasteiger partial charge in [-0.15, -0.1) is 0 Å². The Balaban J connectivity index is 3.05. The smallest absolute Gasteiger partial charge is 0.272 e. The molecule has 0 atom stereocenters. The van der Waals surface area contributed by atoms with Crippen LogP contribution in [0.25, 0.3) is 0 Å². The molecule has 0 aliphatic heterocycles. The number of nitrogens with zero attached hydrogens (tertiary/aromatic N) is 2. The molecule has 0 saturated heterocycles. The molecule has 1 heterocycles. The van der Waals surface area contributed by atoms with Gasteiger partial charge in [-0.3, -0.25) is 9.36 Å². The normalized spacial score (nSPS) is 11.5. The van der Waals surface area contributed by atoms with Crippen molar-refractivity contribution < 1.29 is 4.79 Å². The Labute approximate surface area is 89.6 Å². The van der Waals surface area contributed by atoms with E-state index in [1.54, 1.807) is 18.3 Å². The van der Waals surface area contributed by atoms with Crippen LogP contribution in [0.2, 0.25) is 0 Å². The second kappa shape index (κ2) is 4.61. The van der Waals surface area contributed by atoms with Crippen LogP contribution in [0, 0.1) is 24.2 Å². The number of allylic oxidation sites excluding steroid dienone is 2. The van der Waals surface area contributed by atoms with Crippen molar-refractivity contribution in [1.29, 1.82) is 5.26 Å². The topological polar surface area (TPSA) is 45.8 Å². The Hall–Kier alpha value is -1.82. The molecule has 0 fully saturated rings. The number of carbonyl (C=O) groups excluding carboxylic acids is 1. The second-order valence-corrected chi connectivity index (χ2v) is 3.76. The first-order valence-electron chi connectivity index (χ1n) is 4.87. The average molecular weight is 202 g/mol. The van der Waals surface area contributed by atoms with Gasteiger partial charge < -0.3 is 0 Å². The van der Waals surface area contributed by atoms with E-state index in [9.17, 15) is 4.79 Å². The molecule has 3 nitrogen and oxygen atoms in total. The molecule has 0 bridgehead atoms. The first-order chi connectivity index (χ1) is 7.06. The van der Waals surface area contributed by atoms with Crippen LogP contribution in [-0.4, -0.2) is 10.5 Å². The minimum absolute atomic E-state index is 0.194. The molecular weight excluding hydrogens is 188 g/mol. The van der Waals surface area contributed by atoms with E-state index in [0.29, 0.717) is 0 Å². The maximum atomic E-state index is 11.9. The highest BCUT2D eigenvalue weighted by atomic mass is 16.2. The van der Waals surface area contributed by atoms with Crippen molar-refractivity contribution in [3.05, 3.63) is 35.7 Å². The van der Waals surface area contributed by atoms with Crippen molar-refractivity contribution in [3.8, 4) is 6.07 Å². The van der Waals surface area contributed by atoms with Crippen LogP contribution in [0.5, 0.6) is 0 Å². The molecular formula is C12H14N2O. The Bertz CT molecular complexity index is 433. The van der Waals surface area contributed by atoms with Crippen LogP contribution >= 0.6 is 0 Å². The number of aromatic nitrogens is 1. The van der Waals surface area contributed by atoms with E-state index in [4.69, 9.17) is 5.26 Å². The minimum Gasteiger partial charge on any atom is -0.287 e. The fourth-order valence-corrected chi connectivity index (χ4v) is 1.31. The molecule has 0 radical (unpaired) electrons. The number of hydrogen-bond donors (Lipinski definition) is 0. The number of nitriles is 1. The lowest BCUT2D eigenvalue weighted by molar-refractivity contribution is 0.0958. The second-order valence-electron chi connectivity index (χ2n) is 3.76. The van der Waals surface area contributed by atoms with Crippen LogP contribution < -0.4 is 0 Å². The van der Waals surface area contributed by atoms with Gasteiger partial charge >= 0.3 is 0 Å². The van der Waals surface area contributed by atoms with Crippen LogP contribution in [-0.2, 0) is 0 Å². The zero-order valence-corrected chi connectivity index (χ0v) is 9.19. The number of aryl methyl sites for hydroxylation is 1. The van der Waals surface area contributed by atoms with Crippen molar-refractivity contribution in [2.24, 2.45) is 5.92 Å². The largest absolute Gasteiger partial charge is 0.287 e. The SMILES string of the molecule is Cc1cccn1C(=O)C(C#N)=CC(C)C. The van der Waals surface area contributed by atoms with Gasteiger partial charge in [0.05, 0.1) is 0 Å². The number of rotatable bonds is 2. The van der Waals surface area contributed by atoms with E-state index < -0.39 is 0 Å². The van der Waals surface area contributed by atoms with Crippen molar-refractivity contribution >= 4 is 5.91 Å². The predicted octanol–water partition coefficient (Wildman–Crippen LogP) is 2.54. The van der Waals surface area contributed by atoms with Gasteiger partial charge in [0, 0.05) is 11.9 Å². The summed E-state index contributed by atoms with van der Waals surface area (Å²) in [6.07, 6.45) is 3.35. The molecule has 0 N–H and O–H groups in total. The van der Waals surface area contributed by atoms with Gasteiger partial charge in [0.2, 0.25) is 0 Å². The zero-order chi connectivity index (χ0) is 11.4. The van der Waals surface area contributed by atoms with Crippen LogP contribution in [0.3, 0.4) is 0 Å². The summed E-state index contributed by atoms with van der Waals surface area (Å²) in [5.74, 6) is -0.0619. The standard InChI is InChI=1S/C12H14N2O/c1-9(2)7-11(8-13)12(15)14-6-4-5-10(14)3/h4-7,9H,1-3H3. The summed E-state index contributed by atoms with van der Waals surface area (Å²) in [6.45, 7) is 5.71. The quantitative estimate of drug-likeness (QED) is 0.546. The maximum Gasteiger partial charge on any atom is 0.272 e.